The second-order valence-electron chi connectivity index (χ2n) is 6.72. The van der Waals surface area contributed by atoms with E-state index in [-0.39, 0.29) is 11.6 Å². The lowest BCUT2D eigenvalue weighted by molar-refractivity contribution is 0.128. The molecule has 1 atom stereocenters. The number of nitrogens with zero attached hydrogens (tertiary/aromatic N) is 4. The van der Waals surface area contributed by atoms with Crippen LogP contribution >= 0.6 is 0 Å². The minimum absolute atomic E-state index is 0.153. The third-order valence-electron chi connectivity index (χ3n) is 3.76. The highest BCUT2D eigenvalue weighted by Gasteiger charge is 2.26. The molecule has 0 amide bonds. The van der Waals surface area contributed by atoms with Gasteiger partial charge in [0.1, 0.15) is 0 Å². The molecule has 2 rings (SSSR count). The van der Waals surface area contributed by atoms with Crippen molar-refractivity contribution in [3.8, 4) is 0 Å². The van der Waals surface area contributed by atoms with Crippen molar-refractivity contribution in [1.29, 1.82) is 0 Å². The number of aromatic nitrogens is 2. The molecule has 2 heterocycles. The molecular formula is C15H27N5. The van der Waals surface area contributed by atoms with Crippen molar-refractivity contribution in [2.45, 2.75) is 45.7 Å². The fourth-order valence-electron chi connectivity index (χ4n) is 2.57. The maximum absolute atomic E-state index is 5.79. The van der Waals surface area contributed by atoms with E-state index in [0.29, 0.717) is 0 Å². The lowest BCUT2D eigenvalue weighted by Gasteiger charge is -2.42. The van der Waals surface area contributed by atoms with Gasteiger partial charge in [0.25, 0.3) is 0 Å². The van der Waals surface area contributed by atoms with Gasteiger partial charge in [-0.3, -0.25) is 4.90 Å². The van der Waals surface area contributed by atoms with Crippen molar-refractivity contribution >= 4 is 5.95 Å². The topological polar surface area (TPSA) is 58.3 Å². The summed E-state index contributed by atoms with van der Waals surface area (Å²) in [5, 5.41) is 0. The summed E-state index contributed by atoms with van der Waals surface area (Å²) < 4.78 is 0. The molecule has 1 saturated heterocycles. The highest BCUT2D eigenvalue weighted by atomic mass is 15.3. The van der Waals surface area contributed by atoms with Crippen molar-refractivity contribution in [1.82, 2.24) is 14.9 Å². The monoisotopic (exact) mass is 277 g/mol. The van der Waals surface area contributed by atoms with E-state index in [0.717, 1.165) is 44.1 Å². The molecule has 0 saturated carbocycles. The van der Waals surface area contributed by atoms with Gasteiger partial charge in [0.15, 0.2) is 0 Å². The summed E-state index contributed by atoms with van der Waals surface area (Å²) in [5.74, 6) is 0.840. The average Bonchev–Trinajstić information content (AvgIpc) is 2.38. The minimum atomic E-state index is 0.153. The largest absolute Gasteiger partial charge is 0.338 e. The number of piperazine rings is 1. The smallest absolute Gasteiger partial charge is 0.225 e. The predicted molar refractivity (Wildman–Crippen MR) is 82.9 cm³/mol. The molecule has 5 nitrogen and oxygen atoms in total. The summed E-state index contributed by atoms with van der Waals surface area (Å²) in [6, 6.07) is 0.153. The molecule has 5 heteroatoms. The highest BCUT2D eigenvalue weighted by Crippen LogP contribution is 2.18. The van der Waals surface area contributed by atoms with Gasteiger partial charge < -0.3 is 10.6 Å². The zero-order valence-electron chi connectivity index (χ0n) is 13.1. The van der Waals surface area contributed by atoms with Gasteiger partial charge in [-0.25, -0.2) is 9.97 Å². The van der Waals surface area contributed by atoms with Crippen molar-refractivity contribution in [3.63, 3.8) is 0 Å². The Morgan fingerprint density at radius 1 is 1.15 bits per heavy atom. The summed E-state index contributed by atoms with van der Waals surface area (Å²) in [5.41, 5.74) is 7.14. The number of hydrogen-bond acceptors (Lipinski definition) is 5. The van der Waals surface area contributed by atoms with Crippen LogP contribution in [0.4, 0.5) is 5.95 Å². The number of anilines is 1. The van der Waals surface area contributed by atoms with Gasteiger partial charge in [0, 0.05) is 50.2 Å². The lowest BCUT2D eigenvalue weighted by Crippen LogP contribution is -2.53. The third-order valence-corrected chi connectivity index (χ3v) is 3.76. The molecule has 0 aromatic carbocycles. The molecule has 1 aromatic heterocycles. The van der Waals surface area contributed by atoms with E-state index in [2.05, 4.69) is 40.5 Å². The van der Waals surface area contributed by atoms with E-state index in [4.69, 9.17) is 5.73 Å². The Balaban J connectivity index is 1.94. The van der Waals surface area contributed by atoms with Gasteiger partial charge in [0.05, 0.1) is 0 Å². The number of nitrogens with two attached hydrogens (primary N) is 1. The quantitative estimate of drug-likeness (QED) is 0.902. The zero-order chi connectivity index (χ0) is 14.8. The van der Waals surface area contributed by atoms with Crippen molar-refractivity contribution in [3.05, 3.63) is 18.0 Å². The number of hydrogen-bond donors (Lipinski definition) is 1. The molecule has 2 N–H and O–H groups in total. The first-order chi connectivity index (χ1) is 9.36. The van der Waals surface area contributed by atoms with Crippen molar-refractivity contribution in [2.75, 3.05) is 31.1 Å². The summed E-state index contributed by atoms with van der Waals surface area (Å²) in [7, 11) is 0. The maximum Gasteiger partial charge on any atom is 0.225 e. The van der Waals surface area contributed by atoms with E-state index in [1.807, 2.05) is 19.3 Å². The van der Waals surface area contributed by atoms with Crippen LogP contribution in [0, 0.1) is 0 Å². The second kappa shape index (κ2) is 6.06. The Labute approximate surface area is 122 Å². The van der Waals surface area contributed by atoms with E-state index in [1.54, 1.807) is 0 Å². The maximum atomic E-state index is 5.79. The van der Waals surface area contributed by atoms with Crippen LogP contribution < -0.4 is 10.6 Å². The molecule has 112 valence electrons. The molecule has 0 spiro atoms. The van der Waals surface area contributed by atoms with Gasteiger partial charge in [-0.1, -0.05) is 0 Å². The average molecular weight is 277 g/mol. The SMILES string of the molecule is CC(N)Cc1cnc(N2CCN(C(C)(C)C)CC2)nc1. The van der Waals surface area contributed by atoms with Gasteiger partial charge >= 0.3 is 0 Å². The Morgan fingerprint density at radius 2 is 1.70 bits per heavy atom. The van der Waals surface area contributed by atoms with Crippen LogP contribution in [0.1, 0.15) is 33.3 Å². The summed E-state index contributed by atoms with van der Waals surface area (Å²) >= 11 is 0. The van der Waals surface area contributed by atoms with Crippen LogP contribution in [0.15, 0.2) is 12.4 Å². The predicted octanol–water partition coefficient (Wildman–Crippen LogP) is 1.29. The second-order valence-corrected chi connectivity index (χ2v) is 6.72. The molecule has 1 fully saturated rings. The Hall–Kier alpha value is -1.20. The standard InChI is InChI=1S/C15H27N5/c1-12(16)9-13-10-17-14(18-11-13)19-5-7-20(8-6-19)15(2,3)4/h10-12H,5-9,16H2,1-4H3. The summed E-state index contributed by atoms with van der Waals surface area (Å²) in [6.07, 6.45) is 4.64. The molecule has 0 aliphatic carbocycles. The Morgan fingerprint density at radius 3 is 2.15 bits per heavy atom. The zero-order valence-corrected chi connectivity index (χ0v) is 13.1. The van der Waals surface area contributed by atoms with Gasteiger partial charge in [0.2, 0.25) is 5.95 Å². The minimum Gasteiger partial charge on any atom is -0.338 e. The van der Waals surface area contributed by atoms with Gasteiger partial charge in [-0.05, 0) is 39.7 Å². The van der Waals surface area contributed by atoms with Crippen LogP contribution in [0.25, 0.3) is 0 Å². The highest BCUT2D eigenvalue weighted by molar-refractivity contribution is 5.31. The van der Waals surface area contributed by atoms with E-state index in [9.17, 15) is 0 Å². The van der Waals surface area contributed by atoms with Crippen LogP contribution in [-0.4, -0.2) is 52.6 Å². The molecule has 1 aliphatic heterocycles. The molecule has 1 unspecified atom stereocenters. The summed E-state index contributed by atoms with van der Waals surface area (Å²) in [4.78, 5) is 13.7. The van der Waals surface area contributed by atoms with Crippen LogP contribution in [0.2, 0.25) is 0 Å². The van der Waals surface area contributed by atoms with E-state index in [1.165, 1.54) is 0 Å². The normalized spacial score (nSPS) is 19.1. The fraction of sp³-hybridized carbons (Fsp3) is 0.733. The summed E-state index contributed by atoms with van der Waals surface area (Å²) in [6.45, 7) is 12.9. The first-order valence-corrected chi connectivity index (χ1v) is 7.43. The third kappa shape index (κ3) is 3.90. The van der Waals surface area contributed by atoms with Crippen LogP contribution in [0.5, 0.6) is 0 Å². The fourth-order valence-corrected chi connectivity index (χ4v) is 2.57. The first-order valence-electron chi connectivity index (χ1n) is 7.43. The van der Waals surface area contributed by atoms with Crippen molar-refractivity contribution < 1.29 is 0 Å². The van der Waals surface area contributed by atoms with Gasteiger partial charge in [-0.15, -0.1) is 0 Å². The molecule has 1 aromatic rings. The van der Waals surface area contributed by atoms with E-state index >= 15 is 0 Å². The number of rotatable bonds is 3. The molecule has 0 radical (unpaired) electrons. The van der Waals surface area contributed by atoms with Crippen molar-refractivity contribution in [2.24, 2.45) is 5.73 Å². The van der Waals surface area contributed by atoms with Crippen LogP contribution in [-0.2, 0) is 6.42 Å². The Bertz CT molecular complexity index is 413. The van der Waals surface area contributed by atoms with Crippen LogP contribution in [0.3, 0.4) is 0 Å². The first kappa shape index (κ1) is 15.2. The van der Waals surface area contributed by atoms with Gasteiger partial charge in [-0.2, -0.15) is 0 Å². The van der Waals surface area contributed by atoms with E-state index < -0.39 is 0 Å². The Kier molecular flexibility index (Phi) is 4.60. The molecular weight excluding hydrogens is 250 g/mol. The molecule has 20 heavy (non-hydrogen) atoms. The lowest BCUT2D eigenvalue weighted by atomic mass is 10.1. The molecule has 1 aliphatic rings. The molecule has 0 bridgehead atoms.